The van der Waals surface area contributed by atoms with Crippen LogP contribution in [0.2, 0.25) is 69.5 Å². The Balaban J connectivity index is 2.21. The number of unbranched alkanes of at least 4 members (excludes halogenated alkanes) is 24. The first-order valence-electron chi connectivity index (χ1n) is 37.3. The molecule has 542 valence electrons. The summed E-state index contributed by atoms with van der Waals surface area (Å²) in [6, 6.07) is 17.7. The lowest BCUT2D eigenvalue weighted by Gasteiger charge is -2.47. The number of esters is 2. The first-order chi connectivity index (χ1) is 44.8. The lowest BCUT2D eigenvalue weighted by Crippen LogP contribution is -2.67. The molecule has 1 amide bonds. The van der Waals surface area contributed by atoms with Gasteiger partial charge in [-0.1, -0.05) is 278 Å². The van der Waals surface area contributed by atoms with E-state index in [1.54, 1.807) is 48.5 Å². The Morgan fingerprint density at radius 3 is 1.47 bits per heavy atom. The van der Waals surface area contributed by atoms with Crippen LogP contribution in [0.4, 0.5) is 0 Å². The Bertz CT molecular complexity index is 2270. The van der Waals surface area contributed by atoms with Gasteiger partial charge in [0.1, 0.15) is 42.6 Å². The van der Waals surface area contributed by atoms with Crippen molar-refractivity contribution in [3.63, 3.8) is 0 Å². The summed E-state index contributed by atoms with van der Waals surface area (Å²) in [4.78, 5) is 44.4. The SMILES string of the molecule is CCCCCCCCCCCCCC(CC(=O)O[C@@H]1[C@@H](NC(=O)CC(CCCCCCCCCCC)OCOCC[Si](C)(C)C)[C@H](OCC[Si](C)(C)C)O[C@H](CO[Si](C)(C)C(C)(C)C)[C@H]1OP(=O)(Oc1ccccc1)Oc1ccccc1)OC(=O)CCCCCCCCC. The maximum Gasteiger partial charge on any atom is 0.588 e. The molecule has 7 atom stereocenters. The van der Waals surface area contributed by atoms with Crippen LogP contribution >= 0.6 is 7.82 Å². The van der Waals surface area contributed by atoms with E-state index in [4.69, 9.17) is 46.4 Å². The molecule has 15 nitrogen and oxygen atoms in total. The molecule has 1 fully saturated rings. The van der Waals surface area contributed by atoms with Crippen LogP contribution in [0.15, 0.2) is 60.7 Å². The summed E-state index contributed by atoms with van der Waals surface area (Å²) in [5.74, 6) is -1.05. The van der Waals surface area contributed by atoms with E-state index in [9.17, 15) is 4.79 Å². The normalized spacial score (nSPS) is 18.0. The van der Waals surface area contributed by atoms with Crippen molar-refractivity contribution in [1.82, 2.24) is 5.32 Å². The summed E-state index contributed by atoms with van der Waals surface area (Å²) in [7, 11) is -10.5. The Morgan fingerprint density at radius 2 is 1.00 bits per heavy atom. The van der Waals surface area contributed by atoms with Gasteiger partial charge in [-0.05, 0) is 80.2 Å². The third kappa shape index (κ3) is 39.6. The Hall–Kier alpha value is -2.91. The minimum atomic E-state index is -4.82. The number of amides is 1. The van der Waals surface area contributed by atoms with Crippen molar-refractivity contribution in [3.05, 3.63) is 60.7 Å². The van der Waals surface area contributed by atoms with Gasteiger partial charge in [0.15, 0.2) is 20.7 Å². The number of carbonyl (C=O) groups excluding carboxylic acids is 3. The number of ether oxygens (including phenoxy) is 6. The highest BCUT2D eigenvalue weighted by Crippen LogP contribution is 2.53. The number of hydrogen-bond acceptors (Lipinski definition) is 14. The zero-order valence-corrected chi connectivity index (χ0v) is 65.7. The van der Waals surface area contributed by atoms with Crippen LogP contribution < -0.4 is 14.4 Å². The predicted molar refractivity (Wildman–Crippen MR) is 393 cm³/mol. The minimum absolute atomic E-state index is 0.0426. The van der Waals surface area contributed by atoms with Crippen LogP contribution in [0.5, 0.6) is 11.5 Å². The standard InChI is InChI=1S/C75H136NO14PSi3/c1-15-18-21-24-27-29-30-32-35-37-42-53-66(85-69(78)54-47-38-33-26-23-20-17-3)60-70(79)87-73-71(76-68(77)59-65(83-62-81-55-57-92(7,8)9)52-41-36-34-31-28-25-22-19-16-2)74(82-56-58-93(10,11)12)86-67(61-84-94(13,14)75(4,5)6)72(73)90-91(80,88-63-48-43-39-44-49-63)89-64-50-45-40-46-51-64/h39-40,43-46,48-51,65-67,71-74H,15-38,41-42,47,52-62H2,1-14H3,(H,76,77)/t65?,66?,67-,71-,72-,73-,74-/m1/s1. The minimum Gasteiger partial charge on any atom is -0.462 e. The zero-order chi connectivity index (χ0) is 69.1. The number of phosphoric acid groups is 1. The zero-order valence-electron chi connectivity index (χ0n) is 61.8. The first-order valence-corrected chi connectivity index (χ1v) is 49.1. The van der Waals surface area contributed by atoms with Gasteiger partial charge >= 0.3 is 19.8 Å². The lowest BCUT2D eigenvalue weighted by atomic mass is 9.96. The lowest BCUT2D eigenvalue weighted by molar-refractivity contribution is -0.269. The molecule has 1 N–H and O–H groups in total. The van der Waals surface area contributed by atoms with Gasteiger partial charge in [0.05, 0.1) is 25.6 Å². The van der Waals surface area contributed by atoms with Gasteiger partial charge in [-0.15, -0.1) is 0 Å². The average Bonchev–Trinajstić information content (AvgIpc) is 0.776. The van der Waals surface area contributed by atoms with E-state index in [-0.39, 0.29) is 61.8 Å². The molecule has 1 saturated heterocycles. The highest BCUT2D eigenvalue weighted by Gasteiger charge is 2.55. The van der Waals surface area contributed by atoms with Gasteiger partial charge in [-0.25, -0.2) is 4.57 Å². The van der Waals surface area contributed by atoms with Crippen LogP contribution in [0.3, 0.4) is 0 Å². The van der Waals surface area contributed by atoms with Crippen molar-refractivity contribution in [2.45, 2.75) is 359 Å². The van der Waals surface area contributed by atoms with E-state index in [0.29, 0.717) is 25.9 Å². The molecule has 1 heterocycles. The van der Waals surface area contributed by atoms with Crippen molar-refractivity contribution in [1.29, 1.82) is 0 Å². The predicted octanol–water partition coefficient (Wildman–Crippen LogP) is 21.3. The maximum atomic E-state index is 15.9. The van der Waals surface area contributed by atoms with Crippen LogP contribution in [0.1, 0.15) is 247 Å². The molecule has 3 rings (SSSR count). The summed E-state index contributed by atoms with van der Waals surface area (Å²) >= 11 is 0. The molecular formula is C75H136NO14PSi3. The second kappa shape index (κ2) is 48.0. The largest absolute Gasteiger partial charge is 0.588 e. The molecular weight excluding hydrogens is 1250 g/mol. The van der Waals surface area contributed by atoms with Gasteiger partial charge in [-0.3, -0.25) is 18.9 Å². The van der Waals surface area contributed by atoms with Gasteiger partial charge in [0.2, 0.25) is 5.91 Å². The molecule has 0 spiro atoms. The molecule has 1 aliphatic heterocycles. The molecule has 19 heteroatoms. The highest BCUT2D eigenvalue weighted by atomic mass is 31.2. The first kappa shape index (κ1) is 85.3. The van der Waals surface area contributed by atoms with Gasteiger partial charge in [0, 0.05) is 35.8 Å². The van der Waals surface area contributed by atoms with Crippen LogP contribution in [-0.4, -0.2) is 112 Å². The molecule has 1 aliphatic rings. The smallest absolute Gasteiger partial charge is 0.462 e. The number of rotatable bonds is 56. The molecule has 2 aromatic carbocycles. The monoisotopic (exact) mass is 1390 g/mol. The van der Waals surface area contributed by atoms with E-state index >= 15 is 14.2 Å². The molecule has 0 aliphatic carbocycles. The number of carbonyl (C=O) groups is 3. The summed E-state index contributed by atoms with van der Waals surface area (Å²) in [6.07, 6.45) is 24.8. The third-order valence-corrected chi connectivity index (χ3v) is 27.5. The number of phosphoric ester groups is 1. The maximum absolute atomic E-state index is 15.9. The van der Waals surface area contributed by atoms with E-state index in [2.05, 4.69) is 99.2 Å². The van der Waals surface area contributed by atoms with Crippen LogP contribution in [0.25, 0.3) is 0 Å². The van der Waals surface area contributed by atoms with E-state index in [1.165, 1.54) is 103 Å². The van der Waals surface area contributed by atoms with Crippen molar-refractivity contribution in [2.75, 3.05) is 26.6 Å². The molecule has 0 radical (unpaired) electrons. The fraction of sp³-hybridized carbons (Fsp3) is 0.800. The average molecular weight is 1390 g/mol. The number of nitrogens with one attached hydrogen (secondary N) is 1. The van der Waals surface area contributed by atoms with Gasteiger partial charge in [0.25, 0.3) is 0 Å². The van der Waals surface area contributed by atoms with E-state index in [0.717, 1.165) is 76.3 Å². The Morgan fingerprint density at radius 1 is 0.553 bits per heavy atom. The topological polar surface area (TPSA) is 173 Å². The number of para-hydroxylation sites is 2. The second-order valence-corrected chi connectivity index (χ2v) is 48.1. The number of hydrogen-bond donors (Lipinski definition) is 1. The fourth-order valence-electron chi connectivity index (χ4n) is 11.1. The van der Waals surface area contributed by atoms with E-state index < -0.39 is 87.0 Å². The van der Waals surface area contributed by atoms with Crippen molar-refractivity contribution in [2.24, 2.45) is 0 Å². The van der Waals surface area contributed by atoms with Gasteiger partial charge < -0.3 is 47.2 Å². The van der Waals surface area contributed by atoms with Crippen molar-refractivity contribution in [3.8, 4) is 11.5 Å². The van der Waals surface area contributed by atoms with E-state index in [1.807, 2.05) is 12.1 Å². The van der Waals surface area contributed by atoms with Crippen LogP contribution in [0, 0.1) is 0 Å². The van der Waals surface area contributed by atoms with Gasteiger partial charge in [-0.2, -0.15) is 0 Å². The molecule has 94 heavy (non-hydrogen) atoms. The molecule has 0 bridgehead atoms. The summed E-state index contributed by atoms with van der Waals surface area (Å²) < 4.78 is 82.0. The van der Waals surface area contributed by atoms with Crippen LogP contribution in [-0.2, 0) is 56.3 Å². The molecule has 0 aromatic heterocycles. The second-order valence-electron chi connectivity index (χ2n) is 30.6. The summed E-state index contributed by atoms with van der Waals surface area (Å²) in [5, 5.41) is 3.02. The molecule has 2 unspecified atom stereocenters. The highest BCUT2D eigenvalue weighted by molar-refractivity contribution is 7.49. The molecule has 2 aromatic rings. The fourth-order valence-corrected chi connectivity index (χ4v) is 15.0. The van der Waals surface area contributed by atoms with Crippen molar-refractivity contribution < 1.29 is 65.4 Å². The van der Waals surface area contributed by atoms with Crippen molar-refractivity contribution >= 4 is 50.1 Å². The Kier molecular flexibility index (Phi) is 43.5. The third-order valence-electron chi connectivity index (χ3n) is 18.2. The summed E-state index contributed by atoms with van der Waals surface area (Å²) in [5.41, 5.74) is 0. The molecule has 0 saturated carbocycles. The summed E-state index contributed by atoms with van der Waals surface area (Å²) in [6.45, 7) is 31.9. The number of benzene rings is 2. The quantitative estimate of drug-likeness (QED) is 0.0218. The Labute approximate surface area is 575 Å².